The molecule has 1 fully saturated rings. The van der Waals surface area contributed by atoms with E-state index in [1.807, 2.05) is 37.6 Å². The molecule has 0 aliphatic carbocycles. The maximum absolute atomic E-state index is 12.3. The molecule has 164 valence electrons. The smallest absolute Gasteiger partial charge is 0.410 e. The highest BCUT2D eigenvalue weighted by molar-refractivity contribution is 5.90. The number of aromatic nitrogens is 4. The quantitative estimate of drug-likeness (QED) is 0.528. The summed E-state index contributed by atoms with van der Waals surface area (Å²) in [6, 6.07) is 14.6. The van der Waals surface area contributed by atoms with E-state index < -0.39 is 5.60 Å². The molecule has 1 amide bonds. The number of fused-ring (bicyclic) bond motifs is 2. The second-order valence-electron chi connectivity index (χ2n) is 9.20. The number of amides is 1. The highest BCUT2D eigenvalue weighted by Crippen LogP contribution is 2.31. The van der Waals surface area contributed by atoms with Gasteiger partial charge in [-0.3, -0.25) is 0 Å². The van der Waals surface area contributed by atoms with Crippen molar-refractivity contribution in [2.24, 2.45) is 0 Å². The summed E-state index contributed by atoms with van der Waals surface area (Å²) in [5, 5.41) is 8.05. The van der Waals surface area contributed by atoms with Gasteiger partial charge in [-0.05, 0) is 37.1 Å². The molecule has 0 saturated carbocycles. The standard InChI is InChI=1S/C24H26N6O2/c1-24(2,3)32-23(31)29-12-17(13-29)30-22-20(21(25)26-14-27-22)19(28-30)11-16-9-6-8-15-7-4-5-10-18(15)16/h4-10,14,17H,11-13H2,1-3H3,(H2,25,26,27). The Morgan fingerprint density at radius 1 is 1.12 bits per heavy atom. The van der Waals surface area contributed by atoms with Gasteiger partial charge in [-0.15, -0.1) is 0 Å². The van der Waals surface area contributed by atoms with Crippen molar-refractivity contribution < 1.29 is 9.53 Å². The van der Waals surface area contributed by atoms with Gasteiger partial charge in [0.2, 0.25) is 0 Å². The zero-order chi connectivity index (χ0) is 22.5. The average Bonchev–Trinajstić information content (AvgIpc) is 3.05. The Morgan fingerprint density at radius 3 is 2.66 bits per heavy atom. The minimum atomic E-state index is -0.520. The van der Waals surface area contributed by atoms with Gasteiger partial charge in [0.25, 0.3) is 0 Å². The Labute approximate surface area is 186 Å². The minimum Gasteiger partial charge on any atom is -0.444 e. The van der Waals surface area contributed by atoms with E-state index in [1.165, 1.54) is 22.7 Å². The zero-order valence-electron chi connectivity index (χ0n) is 18.4. The van der Waals surface area contributed by atoms with Gasteiger partial charge in [-0.2, -0.15) is 5.10 Å². The number of anilines is 1. The average molecular weight is 431 g/mol. The second kappa shape index (κ2) is 7.47. The van der Waals surface area contributed by atoms with Crippen LogP contribution in [0.3, 0.4) is 0 Å². The highest BCUT2D eigenvalue weighted by atomic mass is 16.6. The largest absolute Gasteiger partial charge is 0.444 e. The molecule has 0 bridgehead atoms. The maximum atomic E-state index is 12.3. The number of likely N-dealkylation sites (tertiary alicyclic amines) is 1. The first kappa shape index (κ1) is 20.2. The molecule has 0 radical (unpaired) electrons. The number of nitrogens with two attached hydrogens (primary N) is 1. The lowest BCUT2D eigenvalue weighted by Gasteiger charge is -2.39. The SMILES string of the molecule is CC(C)(C)OC(=O)N1CC(n2nc(Cc3cccc4ccccc34)c3c(N)ncnc32)C1. The summed E-state index contributed by atoms with van der Waals surface area (Å²) in [7, 11) is 0. The van der Waals surface area contributed by atoms with Crippen molar-refractivity contribution in [3.05, 3.63) is 60.0 Å². The van der Waals surface area contributed by atoms with Crippen molar-refractivity contribution >= 4 is 33.7 Å². The fraction of sp³-hybridized carbons (Fsp3) is 0.333. The topological polar surface area (TPSA) is 99.2 Å². The fourth-order valence-electron chi connectivity index (χ4n) is 4.16. The lowest BCUT2D eigenvalue weighted by molar-refractivity contribution is 0.0000507. The summed E-state index contributed by atoms with van der Waals surface area (Å²) in [5.41, 5.74) is 8.43. The van der Waals surface area contributed by atoms with Gasteiger partial charge >= 0.3 is 6.09 Å². The van der Waals surface area contributed by atoms with Crippen molar-refractivity contribution in [3.8, 4) is 0 Å². The van der Waals surface area contributed by atoms with Crippen LogP contribution in [0.4, 0.5) is 10.6 Å². The van der Waals surface area contributed by atoms with E-state index >= 15 is 0 Å². The third-order valence-corrected chi connectivity index (χ3v) is 5.69. The zero-order valence-corrected chi connectivity index (χ0v) is 18.4. The number of nitrogens with zero attached hydrogens (tertiary/aromatic N) is 5. The summed E-state index contributed by atoms with van der Waals surface area (Å²) in [4.78, 5) is 22.7. The van der Waals surface area contributed by atoms with Crippen LogP contribution in [0.15, 0.2) is 48.8 Å². The summed E-state index contributed by atoms with van der Waals surface area (Å²) in [6.45, 7) is 6.62. The number of carbonyl (C=O) groups excluding carboxylic acids is 1. The van der Waals surface area contributed by atoms with Gasteiger partial charge in [0, 0.05) is 19.5 Å². The van der Waals surface area contributed by atoms with Crippen LogP contribution in [0.5, 0.6) is 0 Å². The third-order valence-electron chi connectivity index (χ3n) is 5.69. The first-order valence-electron chi connectivity index (χ1n) is 10.7. The van der Waals surface area contributed by atoms with E-state index in [0.29, 0.717) is 31.0 Å². The van der Waals surface area contributed by atoms with Crippen molar-refractivity contribution in [1.82, 2.24) is 24.6 Å². The van der Waals surface area contributed by atoms with Crippen LogP contribution in [-0.4, -0.2) is 49.4 Å². The van der Waals surface area contributed by atoms with E-state index in [2.05, 4.69) is 40.3 Å². The van der Waals surface area contributed by atoms with Gasteiger partial charge < -0.3 is 15.4 Å². The van der Waals surface area contributed by atoms with Gasteiger partial charge in [-0.1, -0.05) is 42.5 Å². The predicted octanol–water partition coefficient (Wildman–Crippen LogP) is 3.94. The van der Waals surface area contributed by atoms with E-state index in [-0.39, 0.29) is 12.1 Å². The summed E-state index contributed by atoms with van der Waals surface area (Å²) in [6.07, 6.45) is 1.77. The summed E-state index contributed by atoms with van der Waals surface area (Å²) in [5.74, 6) is 0.416. The third kappa shape index (κ3) is 3.62. The van der Waals surface area contributed by atoms with Crippen molar-refractivity contribution in [2.75, 3.05) is 18.8 Å². The molecule has 8 nitrogen and oxygen atoms in total. The molecule has 0 unspecified atom stereocenters. The number of carbonyl (C=O) groups is 1. The number of hydrogen-bond donors (Lipinski definition) is 1. The molecule has 0 atom stereocenters. The van der Waals surface area contributed by atoms with Gasteiger partial charge in [0.05, 0.1) is 17.1 Å². The molecule has 0 spiro atoms. The van der Waals surface area contributed by atoms with Gasteiger partial charge in [-0.25, -0.2) is 19.4 Å². The lowest BCUT2D eigenvalue weighted by atomic mass is 10.0. The van der Waals surface area contributed by atoms with Crippen molar-refractivity contribution in [1.29, 1.82) is 0 Å². The van der Waals surface area contributed by atoms with Crippen LogP contribution in [0.25, 0.3) is 21.8 Å². The minimum absolute atomic E-state index is 0.0144. The highest BCUT2D eigenvalue weighted by Gasteiger charge is 2.37. The van der Waals surface area contributed by atoms with Crippen LogP contribution in [0.1, 0.15) is 38.1 Å². The van der Waals surface area contributed by atoms with E-state index in [4.69, 9.17) is 15.6 Å². The molecule has 1 aliphatic heterocycles. The number of nitrogen functional groups attached to an aromatic ring is 1. The fourth-order valence-corrected chi connectivity index (χ4v) is 4.16. The monoisotopic (exact) mass is 430 g/mol. The number of rotatable bonds is 3. The van der Waals surface area contributed by atoms with Crippen LogP contribution in [0, 0.1) is 0 Å². The summed E-state index contributed by atoms with van der Waals surface area (Å²) < 4.78 is 7.35. The molecule has 2 aromatic heterocycles. The molecular weight excluding hydrogens is 404 g/mol. The molecule has 32 heavy (non-hydrogen) atoms. The Morgan fingerprint density at radius 2 is 1.88 bits per heavy atom. The first-order chi connectivity index (χ1) is 15.3. The van der Waals surface area contributed by atoms with E-state index in [1.54, 1.807) is 4.90 Å². The molecule has 2 N–H and O–H groups in total. The number of ether oxygens (including phenoxy) is 1. The molecule has 1 saturated heterocycles. The number of benzene rings is 2. The molecular formula is C24H26N6O2. The molecule has 1 aliphatic rings. The Bertz CT molecular complexity index is 1310. The predicted molar refractivity (Wildman–Crippen MR) is 123 cm³/mol. The first-order valence-corrected chi connectivity index (χ1v) is 10.7. The Hall–Kier alpha value is -3.68. The van der Waals surface area contributed by atoms with Crippen LogP contribution in [0.2, 0.25) is 0 Å². The molecule has 2 aromatic carbocycles. The Balaban J connectivity index is 1.46. The second-order valence-corrected chi connectivity index (χ2v) is 9.20. The van der Waals surface area contributed by atoms with Gasteiger partial charge in [0.1, 0.15) is 17.7 Å². The lowest BCUT2D eigenvalue weighted by Crippen LogP contribution is -2.52. The van der Waals surface area contributed by atoms with Crippen LogP contribution >= 0.6 is 0 Å². The maximum Gasteiger partial charge on any atom is 0.410 e. The van der Waals surface area contributed by atoms with Gasteiger partial charge in [0.15, 0.2) is 5.65 Å². The Kier molecular flexibility index (Phi) is 4.73. The van der Waals surface area contributed by atoms with E-state index in [9.17, 15) is 4.79 Å². The van der Waals surface area contributed by atoms with E-state index in [0.717, 1.165) is 11.1 Å². The molecule has 4 aromatic rings. The number of hydrogen-bond acceptors (Lipinski definition) is 6. The molecule has 3 heterocycles. The molecule has 8 heteroatoms. The van der Waals surface area contributed by atoms with Crippen LogP contribution in [-0.2, 0) is 11.2 Å². The molecule has 5 rings (SSSR count). The van der Waals surface area contributed by atoms with Crippen molar-refractivity contribution in [3.63, 3.8) is 0 Å². The normalized spacial score (nSPS) is 14.7. The van der Waals surface area contributed by atoms with Crippen LogP contribution < -0.4 is 5.73 Å². The summed E-state index contributed by atoms with van der Waals surface area (Å²) >= 11 is 0. The van der Waals surface area contributed by atoms with Crippen molar-refractivity contribution in [2.45, 2.75) is 38.8 Å².